The van der Waals surface area contributed by atoms with Crippen molar-refractivity contribution >= 4 is 11.8 Å². The van der Waals surface area contributed by atoms with Gasteiger partial charge in [-0.05, 0) is 80.3 Å². The fourth-order valence-electron chi connectivity index (χ4n) is 5.95. The number of nitriles is 1. The van der Waals surface area contributed by atoms with E-state index in [0.29, 0.717) is 23.2 Å². The summed E-state index contributed by atoms with van der Waals surface area (Å²) in [6.45, 7) is 6.01. The number of carbonyl (C=O) groups excluding carboxylic acids is 2. The van der Waals surface area contributed by atoms with Crippen molar-refractivity contribution in [3.63, 3.8) is 0 Å². The van der Waals surface area contributed by atoms with E-state index in [1.165, 1.54) is 6.07 Å². The zero-order chi connectivity index (χ0) is 27.2. The number of piperidine rings is 1. The minimum absolute atomic E-state index is 0.00278. The van der Waals surface area contributed by atoms with Crippen LogP contribution in [0.1, 0.15) is 61.5 Å². The Kier molecular flexibility index (Phi) is 6.99. The van der Waals surface area contributed by atoms with Gasteiger partial charge in [0.2, 0.25) is 12.3 Å². The summed E-state index contributed by atoms with van der Waals surface area (Å²) in [7, 11) is 0. The molecule has 200 valence electrons. The van der Waals surface area contributed by atoms with Crippen LogP contribution in [-0.2, 0) is 22.5 Å². The minimum Gasteiger partial charge on any atom is -0.356 e. The number of carbonyl (C=O) groups is 2. The van der Waals surface area contributed by atoms with Crippen LogP contribution in [0.25, 0.3) is 11.1 Å². The Balaban J connectivity index is 1.28. The molecule has 2 amide bonds. The molecule has 9 heteroatoms. The predicted octanol–water partition coefficient (Wildman–Crippen LogP) is 3.23. The molecule has 5 atom stereocenters. The first-order chi connectivity index (χ1) is 18.0. The molecule has 1 aliphatic carbocycles. The standard InChI is InChI=1S/C29H33FN4O4/c1-29(2,3)38-28(37)34-22-9-8-19(11-22)25(34)27(36)33-21(14-31)10-18-6-4-17(13-24(18)30)16-5-7-20-15-32-26(35)23(20)12-16/h4-7,12-13,19,21-22,25,28,37H,8-11,15H2,1-3H3,(H,32,35)(H,33,36)/t19-,21-,22+,25-,28?/m0/s1. The molecule has 1 saturated carbocycles. The molecule has 3 aliphatic rings. The first kappa shape index (κ1) is 26.3. The van der Waals surface area contributed by atoms with Crippen LogP contribution >= 0.6 is 0 Å². The first-order valence-corrected chi connectivity index (χ1v) is 13.1. The van der Waals surface area contributed by atoms with E-state index in [2.05, 4.69) is 16.7 Å². The van der Waals surface area contributed by atoms with Crippen molar-refractivity contribution in [2.75, 3.05) is 0 Å². The van der Waals surface area contributed by atoms with Gasteiger partial charge in [0.25, 0.3) is 5.91 Å². The van der Waals surface area contributed by atoms with Gasteiger partial charge in [0.05, 0.1) is 17.7 Å². The number of nitrogens with zero attached hydrogens (tertiary/aromatic N) is 2. The maximum atomic E-state index is 15.1. The second-order valence-corrected chi connectivity index (χ2v) is 11.4. The molecular formula is C29H33FN4O4. The highest BCUT2D eigenvalue weighted by Gasteiger charge is 2.52. The Hall–Kier alpha value is -3.32. The normalized spacial score (nSPS) is 24.0. The summed E-state index contributed by atoms with van der Waals surface area (Å²) in [6.07, 6.45) is 1.33. The Bertz CT molecular complexity index is 1300. The average Bonchev–Trinajstić information content (AvgIpc) is 3.58. The molecule has 5 rings (SSSR count). The van der Waals surface area contributed by atoms with Gasteiger partial charge in [-0.3, -0.25) is 9.59 Å². The number of fused-ring (bicyclic) bond motifs is 3. The summed E-state index contributed by atoms with van der Waals surface area (Å²) in [5.74, 6) is -0.910. The van der Waals surface area contributed by atoms with Crippen LogP contribution in [-0.4, -0.2) is 52.0 Å². The van der Waals surface area contributed by atoms with Crippen LogP contribution in [0.15, 0.2) is 36.4 Å². The number of likely N-dealkylation sites (tertiary alicyclic amines) is 1. The lowest BCUT2D eigenvalue weighted by molar-refractivity contribution is -0.254. The number of halogens is 1. The summed E-state index contributed by atoms with van der Waals surface area (Å²) in [5.41, 5.74) is 2.57. The smallest absolute Gasteiger partial charge is 0.251 e. The monoisotopic (exact) mass is 520 g/mol. The number of ether oxygens (including phenoxy) is 1. The molecule has 1 unspecified atom stereocenters. The van der Waals surface area contributed by atoms with Crippen molar-refractivity contribution in [3.05, 3.63) is 58.9 Å². The maximum Gasteiger partial charge on any atom is 0.251 e. The zero-order valence-electron chi connectivity index (χ0n) is 21.8. The molecule has 3 N–H and O–H groups in total. The van der Waals surface area contributed by atoms with Gasteiger partial charge >= 0.3 is 0 Å². The molecule has 0 spiro atoms. The molecule has 2 aromatic carbocycles. The van der Waals surface area contributed by atoms with Gasteiger partial charge < -0.3 is 20.5 Å². The third-order valence-corrected chi connectivity index (χ3v) is 7.69. The van der Waals surface area contributed by atoms with Gasteiger partial charge in [0, 0.05) is 24.6 Å². The van der Waals surface area contributed by atoms with E-state index >= 15 is 4.39 Å². The summed E-state index contributed by atoms with van der Waals surface area (Å²) in [6, 6.07) is 10.8. The van der Waals surface area contributed by atoms with Gasteiger partial charge in [-0.25, -0.2) is 9.29 Å². The van der Waals surface area contributed by atoms with Gasteiger partial charge in [-0.1, -0.05) is 24.3 Å². The van der Waals surface area contributed by atoms with Crippen LogP contribution in [0.4, 0.5) is 4.39 Å². The van der Waals surface area contributed by atoms with E-state index in [9.17, 15) is 20.0 Å². The molecule has 0 aromatic heterocycles. The fraction of sp³-hybridized carbons (Fsp3) is 0.483. The topological polar surface area (TPSA) is 115 Å². The van der Waals surface area contributed by atoms with E-state index in [1.54, 1.807) is 23.1 Å². The van der Waals surface area contributed by atoms with E-state index in [1.807, 2.05) is 32.9 Å². The van der Waals surface area contributed by atoms with Gasteiger partial charge in [-0.15, -0.1) is 0 Å². The highest BCUT2D eigenvalue weighted by molar-refractivity contribution is 5.99. The second kappa shape index (κ2) is 10.1. The largest absolute Gasteiger partial charge is 0.356 e. The van der Waals surface area contributed by atoms with Crippen LogP contribution in [0.3, 0.4) is 0 Å². The highest BCUT2D eigenvalue weighted by atomic mass is 19.1. The molecule has 2 bridgehead atoms. The quantitative estimate of drug-likeness (QED) is 0.483. The summed E-state index contributed by atoms with van der Waals surface area (Å²) < 4.78 is 20.9. The van der Waals surface area contributed by atoms with Crippen molar-refractivity contribution in [2.24, 2.45) is 5.92 Å². The zero-order valence-corrected chi connectivity index (χ0v) is 21.8. The molecule has 2 fully saturated rings. The number of nitrogens with one attached hydrogen (secondary N) is 2. The van der Waals surface area contributed by atoms with Crippen LogP contribution in [0.5, 0.6) is 0 Å². The minimum atomic E-state index is -1.23. The Morgan fingerprint density at radius 1 is 1.26 bits per heavy atom. The lowest BCUT2D eigenvalue weighted by Gasteiger charge is -2.39. The number of aliphatic hydroxyl groups is 1. The molecular weight excluding hydrogens is 487 g/mol. The van der Waals surface area contributed by atoms with E-state index in [0.717, 1.165) is 30.4 Å². The van der Waals surface area contributed by atoms with Crippen molar-refractivity contribution in [1.29, 1.82) is 5.26 Å². The lowest BCUT2D eigenvalue weighted by atomic mass is 9.96. The summed E-state index contributed by atoms with van der Waals surface area (Å²) in [4.78, 5) is 27.0. The van der Waals surface area contributed by atoms with E-state index in [-0.39, 0.29) is 30.2 Å². The highest BCUT2D eigenvalue weighted by Crippen LogP contribution is 2.44. The van der Waals surface area contributed by atoms with E-state index in [4.69, 9.17) is 4.74 Å². The molecule has 2 aliphatic heterocycles. The Morgan fingerprint density at radius 3 is 2.71 bits per heavy atom. The van der Waals surface area contributed by atoms with E-state index < -0.39 is 29.9 Å². The average molecular weight is 521 g/mol. The number of hydrogen-bond acceptors (Lipinski definition) is 6. The van der Waals surface area contributed by atoms with Gasteiger partial charge in [-0.2, -0.15) is 5.26 Å². The molecule has 8 nitrogen and oxygen atoms in total. The summed E-state index contributed by atoms with van der Waals surface area (Å²) in [5, 5.41) is 26.1. The van der Waals surface area contributed by atoms with Crippen LogP contribution in [0, 0.1) is 23.1 Å². The first-order valence-electron chi connectivity index (χ1n) is 13.1. The van der Waals surface area contributed by atoms with Gasteiger partial charge in [0.1, 0.15) is 11.9 Å². The SMILES string of the molecule is CC(C)(C)OC(O)N1[C@@H]2CC[C@@H](C2)[C@H]1C(=O)N[C@H](C#N)Cc1ccc(-c2ccc3c(c2)C(=O)NC3)cc1F. The van der Waals surface area contributed by atoms with Gasteiger partial charge in [0.15, 0.2) is 0 Å². The number of rotatable bonds is 7. The molecule has 0 radical (unpaired) electrons. The lowest BCUT2D eigenvalue weighted by Crippen LogP contribution is -2.57. The summed E-state index contributed by atoms with van der Waals surface area (Å²) >= 11 is 0. The maximum absolute atomic E-state index is 15.1. The van der Waals surface area contributed by atoms with Crippen molar-refractivity contribution in [2.45, 2.75) is 83.1 Å². The van der Waals surface area contributed by atoms with Crippen molar-refractivity contribution in [1.82, 2.24) is 15.5 Å². The van der Waals surface area contributed by atoms with Crippen LogP contribution in [0.2, 0.25) is 0 Å². The predicted molar refractivity (Wildman–Crippen MR) is 138 cm³/mol. The Morgan fingerprint density at radius 2 is 2.00 bits per heavy atom. The fourth-order valence-corrected chi connectivity index (χ4v) is 5.95. The molecule has 2 heterocycles. The number of amides is 2. The van der Waals surface area contributed by atoms with Crippen LogP contribution < -0.4 is 10.6 Å². The number of benzene rings is 2. The van der Waals surface area contributed by atoms with Crippen molar-refractivity contribution < 1.29 is 23.8 Å². The number of hydrogen-bond donors (Lipinski definition) is 3. The molecule has 2 aromatic rings. The third kappa shape index (κ3) is 5.17. The Labute approximate surface area is 221 Å². The third-order valence-electron chi connectivity index (χ3n) is 7.69. The molecule has 1 saturated heterocycles. The second-order valence-electron chi connectivity index (χ2n) is 11.4. The number of aliphatic hydroxyl groups excluding tert-OH is 1. The molecule has 38 heavy (non-hydrogen) atoms. The van der Waals surface area contributed by atoms with Crippen molar-refractivity contribution in [3.8, 4) is 17.2 Å².